The molecule has 0 aliphatic heterocycles. The molecule has 11 heavy (non-hydrogen) atoms. The van der Waals surface area contributed by atoms with E-state index in [1.807, 2.05) is 0 Å². The number of rotatable bonds is 2. The zero-order valence-electron chi connectivity index (χ0n) is 5.76. The van der Waals surface area contributed by atoms with Crippen LogP contribution in [0.4, 0.5) is 8.78 Å². The van der Waals surface area contributed by atoms with Gasteiger partial charge in [0.25, 0.3) is 6.43 Å². The van der Waals surface area contributed by atoms with Gasteiger partial charge in [0.2, 0.25) is 0 Å². The number of halogens is 2. The first kappa shape index (κ1) is 8.14. The first-order valence-corrected chi connectivity index (χ1v) is 3.19. The molecular weight excluding hydrogens is 150 g/mol. The average molecular weight is 157 g/mol. The fourth-order valence-electron chi connectivity index (χ4n) is 0.819. The SMILES string of the molecule is [O]Cc1cccc(C(F)F)c1. The summed E-state index contributed by atoms with van der Waals surface area (Å²) in [7, 11) is 0. The monoisotopic (exact) mass is 157 g/mol. The lowest BCUT2D eigenvalue weighted by Crippen LogP contribution is -1.86. The Morgan fingerprint density at radius 3 is 2.64 bits per heavy atom. The van der Waals surface area contributed by atoms with Crippen molar-refractivity contribution in [2.75, 3.05) is 0 Å². The first-order valence-electron chi connectivity index (χ1n) is 3.19. The molecule has 0 aliphatic rings. The van der Waals surface area contributed by atoms with Gasteiger partial charge >= 0.3 is 0 Å². The van der Waals surface area contributed by atoms with Gasteiger partial charge in [0, 0.05) is 5.56 Å². The molecule has 0 unspecified atom stereocenters. The Kier molecular flexibility index (Phi) is 2.54. The van der Waals surface area contributed by atoms with E-state index in [2.05, 4.69) is 0 Å². The van der Waals surface area contributed by atoms with E-state index in [0.717, 1.165) is 0 Å². The lowest BCUT2D eigenvalue weighted by Gasteiger charge is -1.99. The molecule has 1 aromatic rings. The molecule has 59 valence electrons. The van der Waals surface area contributed by atoms with Crippen molar-refractivity contribution in [3.63, 3.8) is 0 Å². The van der Waals surface area contributed by atoms with E-state index in [0.29, 0.717) is 5.56 Å². The Morgan fingerprint density at radius 2 is 2.09 bits per heavy atom. The van der Waals surface area contributed by atoms with E-state index >= 15 is 0 Å². The zero-order chi connectivity index (χ0) is 8.27. The van der Waals surface area contributed by atoms with Crippen LogP contribution in [0.15, 0.2) is 24.3 Å². The van der Waals surface area contributed by atoms with E-state index in [4.69, 9.17) is 0 Å². The maximum atomic E-state index is 12.0. The highest BCUT2D eigenvalue weighted by molar-refractivity contribution is 5.23. The third-order valence-electron chi connectivity index (χ3n) is 1.37. The Bertz CT molecular complexity index is 235. The minimum atomic E-state index is -2.48. The van der Waals surface area contributed by atoms with Gasteiger partial charge in [-0.15, -0.1) is 0 Å². The van der Waals surface area contributed by atoms with E-state index in [1.54, 1.807) is 6.07 Å². The molecule has 0 N–H and O–H groups in total. The molecule has 0 heterocycles. The van der Waals surface area contributed by atoms with Crippen LogP contribution in [0, 0.1) is 0 Å². The summed E-state index contributed by atoms with van der Waals surface area (Å²) >= 11 is 0. The highest BCUT2D eigenvalue weighted by atomic mass is 19.3. The average Bonchev–Trinajstić information content (AvgIpc) is 2.05. The summed E-state index contributed by atoms with van der Waals surface area (Å²) in [6.07, 6.45) is -2.48. The smallest absolute Gasteiger partial charge is 0.232 e. The molecule has 0 saturated heterocycles. The van der Waals surface area contributed by atoms with Gasteiger partial charge in [0.15, 0.2) is 0 Å². The molecule has 0 spiro atoms. The normalized spacial score (nSPS) is 10.5. The maximum Gasteiger partial charge on any atom is 0.263 e. The van der Waals surface area contributed by atoms with Gasteiger partial charge in [-0.3, -0.25) is 0 Å². The lowest BCUT2D eigenvalue weighted by atomic mass is 10.1. The minimum absolute atomic E-state index is 0.0849. The second-order valence-electron chi connectivity index (χ2n) is 2.19. The topological polar surface area (TPSA) is 19.9 Å². The number of benzene rings is 1. The van der Waals surface area contributed by atoms with Crippen LogP contribution in [-0.4, -0.2) is 0 Å². The van der Waals surface area contributed by atoms with E-state index in [9.17, 15) is 13.9 Å². The highest BCUT2D eigenvalue weighted by Crippen LogP contribution is 2.19. The zero-order valence-corrected chi connectivity index (χ0v) is 5.76. The second-order valence-corrected chi connectivity index (χ2v) is 2.19. The molecule has 1 nitrogen and oxygen atoms in total. The summed E-state index contributed by atoms with van der Waals surface area (Å²) in [5, 5.41) is 10.3. The summed E-state index contributed by atoms with van der Waals surface area (Å²) in [4.78, 5) is 0. The number of hydrogen-bond acceptors (Lipinski definition) is 0. The summed E-state index contributed by atoms with van der Waals surface area (Å²) < 4.78 is 24.0. The summed E-state index contributed by atoms with van der Waals surface area (Å²) in [6.45, 7) is -0.444. The van der Waals surface area contributed by atoms with Crippen molar-refractivity contribution in [2.24, 2.45) is 0 Å². The van der Waals surface area contributed by atoms with Crippen LogP contribution in [0.5, 0.6) is 0 Å². The molecule has 1 aromatic carbocycles. The Morgan fingerprint density at radius 1 is 1.36 bits per heavy atom. The third kappa shape index (κ3) is 1.98. The lowest BCUT2D eigenvalue weighted by molar-refractivity contribution is 0.150. The van der Waals surface area contributed by atoms with Gasteiger partial charge in [-0.1, -0.05) is 18.2 Å². The molecule has 0 amide bonds. The summed E-state index contributed by atoms with van der Waals surface area (Å²) in [5.41, 5.74) is 0.321. The maximum absolute atomic E-state index is 12.0. The van der Waals surface area contributed by atoms with Crippen molar-refractivity contribution in [3.8, 4) is 0 Å². The van der Waals surface area contributed by atoms with E-state index < -0.39 is 13.0 Å². The van der Waals surface area contributed by atoms with E-state index in [1.165, 1.54) is 18.2 Å². The van der Waals surface area contributed by atoms with Crippen molar-refractivity contribution in [1.82, 2.24) is 0 Å². The molecule has 0 saturated carbocycles. The second kappa shape index (κ2) is 3.44. The van der Waals surface area contributed by atoms with Gasteiger partial charge in [0.05, 0.1) is 0 Å². The molecule has 0 aromatic heterocycles. The van der Waals surface area contributed by atoms with Crippen LogP contribution < -0.4 is 0 Å². The van der Waals surface area contributed by atoms with Crippen molar-refractivity contribution < 1.29 is 13.9 Å². The Labute approximate surface area is 63.3 Å². The van der Waals surface area contributed by atoms with Gasteiger partial charge in [0.1, 0.15) is 6.61 Å². The number of alkyl halides is 2. The third-order valence-corrected chi connectivity index (χ3v) is 1.37. The Balaban J connectivity index is 2.91. The van der Waals surface area contributed by atoms with Gasteiger partial charge in [-0.25, -0.2) is 13.9 Å². The van der Waals surface area contributed by atoms with Crippen LogP contribution in [-0.2, 0) is 11.7 Å². The van der Waals surface area contributed by atoms with E-state index in [-0.39, 0.29) is 5.56 Å². The molecule has 3 heteroatoms. The molecule has 0 aliphatic carbocycles. The van der Waals surface area contributed by atoms with Crippen molar-refractivity contribution >= 4 is 0 Å². The largest absolute Gasteiger partial charge is 0.263 e. The fourth-order valence-corrected chi connectivity index (χ4v) is 0.819. The van der Waals surface area contributed by atoms with Crippen molar-refractivity contribution in [1.29, 1.82) is 0 Å². The summed E-state index contributed by atoms with van der Waals surface area (Å²) in [6, 6.07) is 5.55. The Hall–Kier alpha value is -0.960. The van der Waals surface area contributed by atoms with Crippen LogP contribution in [0.25, 0.3) is 0 Å². The standard InChI is InChI=1S/C8H7F2O/c9-8(10)7-3-1-2-6(4-7)5-11/h1-4,8H,5H2. The van der Waals surface area contributed by atoms with Crippen LogP contribution in [0.1, 0.15) is 17.6 Å². The quantitative estimate of drug-likeness (QED) is 0.628. The molecule has 1 radical (unpaired) electrons. The van der Waals surface area contributed by atoms with Crippen LogP contribution in [0.2, 0.25) is 0 Å². The molecule has 1 rings (SSSR count). The molecule has 0 atom stereocenters. The predicted molar refractivity (Wildman–Crippen MR) is 35.8 cm³/mol. The molecule has 0 fully saturated rings. The van der Waals surface area contributed by atoms with Crippen molar-refractivity contribution in [2.45, 2.75) is 13.0 Å². The van der Waals surface area contributed by atoms with Crippen LogP contribution >= 0.6 is 0 Å². The fraction of sp³-hybridized carbons (Fsp3) is 0.250. The first-order chi connectivity index (χ1) is 5.24. The minimum Gasteiger partial charge on any atom is -0.232 e. The highest BCUT2D eigenvalue weighted by Gasteiger charge is 2.05. The van der Waals surface area contributed by atoms with Crippen molar-refractivity contribution in [3.05, 3.63) is 35.4 Å². The van der Waals surface area contributed by atoms with Gasteiger partial charge < -0.3 is 0 Å². The van der Waals surface area contributed by atoms with Gasteiger partial charge in [-0.2, -0.15) is 0 Å². The number of hydrogen-bond donors (Lipinski definition) is 0. The molecule has 0 bridgehead atoms. The predicted octanol–water partition coefficient (Wildman–Crippen LogP) is 2.55. The van der Waals surface area contributed by atoms with Gasteiger partial charge in [-0.05, 0) is 11.6 Å². The van der Waals surface area contributed by atoms with Crippen LogP contribution in [0.3, 0.4) is 0 Å². The molecular formula is C8H7F2O. The summed E-state index contributed by atoms with van der Waals surface area (Å²) in [5.74, 6) is 0.